The molecule has 1 atom stereocenters. The van der Waals surface area contributed by atoms with Gasteiger partial charge in [-0.15, -0.1) is 0 Å². The molecule has 0 amide bonds. The van der Waals surface area contributed by atoms with E-state index in [0.717, 1.165) is 128 Å². The third-order valence-electron chi connectivity index (χ3n) is 10.9. The molecule has 0 saturated carbocycles. The lowest BCUT2D eigenvalue weighted by molar-refractivity contribution is -0.167. The van der Waals surface area contributed by atoms with E-state index in [1.54, 1.807) is 0 Å². The molecule has 0 rings (SSSR count). The fourth-order valence-corrected chi connectivity index (χ4v) is 6.88. The molecule has 1 unspecified atom stereocenters. The quantitative estimate of drug-likeness (QED) is 0.0262. The Morgan fingerprint density at radius 1 is 0.309 bits per heavy atom. The van der Waals surface area contributed by atoms with Gasteiger partial charge >= 0.3 is 17.9 Å². The molecule has 68 heavy (non-hydrogen) atoms. The maximum Gasteiger partial charge on any atom is 0.306 e. The van der Waals surface area contributed by atoms with Crippen LogP contribution in [0.3, 0.4) is 0 Å². The second-order valence-corrected chi connectivity index (χ2v) is 17.4. The molecule has 0 N–H and O–H groups in total. The van der Waals surface area contributed by atoms with E-state index in [0.29, 0.717) is 19.3 Å². The van der Waals surface area contributed by atoms with Gasteiger partial charge in [-0.3, -0.25) is 14.4 Å². The Kier molecular flexibility index (Phi) is 51.5. The zero-order valence-corrected chi connectivity index (χ0v) is 43.6. The molecule has 0 aliphatic carbocycles. The molecule has 0 radical (unpaired) electrons. The highest BCUT2D eigenvalue weighted by Gasteiger charge is 2.19. The molecule has 382 valence electrons. The van der Waals surface area contributed by atoms with Crippen molar-refractivity contribution in [3.8, 4) is 0 Å². The minimum atomic E-state index is -0.807. The Labute approximate surface area is 417 Å². The van der Waals surface area contributed by atoms with Gasteiger partial charge in [0.2, 0.25) is 0 Å². The van der Waals surface area contributed by atoms with E-state index >= 15 is 0 Å². The summed E-state index contributed by atoms with van der Waals surface area (Å²) in [6.45, 7) is 6.29. The third kappa shape index (κ3) is 52.5. The molecule has 0 aromatic carbocycles. The Balaban J connectivity index is 4.32. The average Bonchev–Trinajstić information content (AvgIpc) is 3.34. The molecule has 0 heterocycles. The van der Waals surface area contributed by atoms with Gasteiger partial charge in [-0.2, -0.15) is 0 Å². The van der Waals surface area contributed by atoms with Gasteiger partial charge in [0, 0.05) is 19.3 Å². The second-order valence-electron chi connectivity index (χ2n) is 17.4. The first-order valence-corrected chi connectivity index (χ1v) is 27.2. The van der Waals surface area contributed by atoms with Crippen LogP contribution in [0.4, 0.5) is 0 Å². The largest absolute Gasteiger partial charge is 0.462 e. The van der Waals surface area contributed by atoms with Crippen molar-refractivity contribution in [2.24, 2.45) is 0 Å². The number of carbonyl (C=O) groups is 3. The average molecular weight is 939 g/mol. The van der Waals surface area contributed by atoms with Crippen LogP contribution in [0.25, 0.3) is 0 Å². The van der Waals surface area contributed by atoms with Gasteiger partial charge in [-0.05, 0) is 116 Å². The van der Waals surface area contributed by atoms with Gasteiger partial charge < -0.3 is 14.2 Å². The van der Waals surface area contributed by atoms with Gasteiger partial charge in [-0.25, -0.2) is 0 Å². The number of esters is 3. The van der Waals surface area contributed by atoms with Crippen molar-refractivity contribution in [3.05, 3.63) is 134 Å². The summed E-state index contributed by atoms with van der Waals surface area (Å²) in [6.07, 6.45) is 77.5. The number of hydrogen-bond donors (Lipinski definition) is 0. The molecule has 0 aromatic heterocycles. The Morgan fingerprint density at radius 2 is 0.574 bits per heavy atom. The van der Waals surface area contributed by atoms with Gasteiger partial charge in [0.1, 0.15) is 13.2 Å². The highest BCUT2D eigenvalue weighted by atomic mass is 16.6. The predicted octanol–water partition coefficient (Wildman–Crippen LogP) is 18.3. The molecule has 0 aliphatic rings. The van der Waals surface area contributed by atoms with E-state index in [-0.39, 0.29) is 37.5 Å². The minimum absolute atomic E-state index is 0.104. The first kappa shape index (κ1) is 63.5. The number of rotatable bonds is 47. The molecule has 0 spiro atoms. The number of allylic oxidation sites excluding steroid dienone is 22. The summed E-state index contributed by atoms with van der Waals surface area (Å²) >= 11 is 0. The first-order valence-electron chi connectivity index (χ1n) is 27.2. The normalized spacial score (nSPS) is 13.2. The summed E-state index contributed by atoms with van der Waals surface area (Å²) in [7, 11) is 0. The molecule has 0 bridgehead atoms. The van der Waals surface area contributed by atoms with E-state index in [9.17, 15) is 14.4 Å². The lowest BCUT2D eigenvalue weighted by Gasteiger charge is -2.18. The zero-order valence-electron chi connectivity index (χ0n) is 43.6. The Hall–Kier alpha value is -4.45. The Bertz CT molecular complexity index is 1500. The summed E-state index contributed by atoms with van der Waals surface area (Å²) < 4.78 is 16.7. The number of carbonyl (C=O) groups excluding carboxylic acids is 3. The number of unbranched alkanes of at least 4 members (excludes halogenated alkanes) is 14. The molecule has 0 aromatic rings. The van der Waals surface area contributed by atoms with Crippen LogP contribution in [0, 0.1) is 0 Å². The molecule has 0 saturated heterocycles. The van der Waals surface area contributed by atoms with Crippen molar-refractivity contribution < 1.29 is 28.6 Å². The van der Waals surface area contributed by atoms with Crippen molar-refractivity contribution in [1.29, 1.82) is 0 Å². The van der Waals surface area contributed by atoms with Gasteiger partial charge in [0.05, 0.1) is 0 Å². The van der Waals surface area contributed by atoms with E-state index in [2.05, 4.69) is 154 Å². The van der Waals surface area contributed by atoms with Crippen molar-refractivity contribution in [3.63, 3.8) is 0 Å². The van der Waals surface area contributed by atoms with Crippen molar-refractivity contribution in [2.75, 3.05) is 13.2 Å². The maximum absolute atomic E-state index is 12.8. The first-order chi connectivity index (χ1) is 33.5. The van der Waals surface area contributed by atoms with Crippen LogP contribution in [0.2, 0.25) is 0 Å². The molecule has 0 aliphatic heterocycles. The van der Waals surface area contributed by atoms with Crippen molar-refractivity contribution >= 4 is 17.9 Å². The van der Waals surface area contributed by atoms with Crippen LogP contribution in [-0.4, -0.2) is 37.2 Å². The summed E-state index contributed by atoms with van der Waals surface area (Å²) in [5, 5.41) is 0. The summed E-state index contributed by atoms with van der Waals surface area (Å²) in [5.74, 6) is -0.977. The van der Waals surface area contributed by atoms with Crippen LogP contribution in [0.1, 0.15) is 220 Å². The van der Waals surface area contributed by atoms with Crippen LogP contribution < -0.4 is 0 Å². The highest BCUT2D eigenvalue weighted by molar-refractivity contribution is 5.71. The molecule has 6 heteroatoms. The summed E-state index contributed by atoms with van der Waals surface area (Å²) in [4.78, 5) is 37.8. The fourth-order valence-electron chi connectivity index (χ4n) is 6.88. The van der Waals surface area contributed by atoms with E-state index < -0.39 is 6.10 Å². The smallest absolute Gasteiger partial charge is 0.306 e. The summed E-state index contributed by atoms with van der Waals surface area (Å²) in [6, 6.07) is 0. The fraction of sp³-hybridized carbons (Fsp3) is 0.597. The highest BCUT2D eigenvalue weighted by Crippen LogP contribution is 2.13. The minimum Gasteiger partial charge on any atom is -0.462 e. The standard InChI is InChI=1S/C62H98O6/c1-4-7-10-13-16-18-20-22-24-26-28-30-31-33-34-36-38-40-42-44-46-49-52-55-61(64)67-58-59(57-66-60(63)54-51-48-15-12-9-6-3)68-62(65)56-53-50-47-45-43-41-39-37-35-32-29-27-25-23-21-19-17-14-11-8-5-2/h7-8,10-11,16-19,22-25,28-30,32-34,37,39,43,45,59H,4-6,9,12-15,20-21,26-27,31,35-36,38,40-42,44,46-58H2,1-3H3/b10-7-,11-8-,18-16-,19-17-,24-22-,25-23-,30-28-,32-29-,34-33-,39-37-,45-43-. The van der Waals surface area contributed by atoms with Crippen molar-refractivity contribution in [1.82, 2.24) is 0 Å². The van der Waals surface area contributed by atoms with Crippen LogP contribution >= 0.6 is 0 Å². The van der Waals surface area contributed by atoms with Gasteiger partial charge in [0.25, 0.3) is 0 Å². The van der Waals surface area contributed by atoms with E-state index in [4.69, 9.17) is 14.2 Å². The monoisotopic (exact) mass is 939 g/mol. The second kappa shape index (κ2) is 55.1. The predicted molar refractivity (Wildman–Crippen MR) is 292 cm³/mol. The lowest BCUT2D eigenvalue weighted by atomic mass is 10.1. The van der Waals surface area contributed by atoms with Crippen LogP contribution in [0.5, 0.6) is 0 Å². The lowest BCUT2D eigenvalue weighted by Crippen LogP contribution is -2.30. The van der Waals surface area contributed by atoms with Gasteiger partial charge in [0.15, 0.2) is 6.10 Å². The molecule has 0 fully saturated rings. The van der Waals surface area contributed by atoms with E-state index in [1.807, 2.05) is 0 Å². The maximum atomic E-state index is 12.8. The SMILES string of the molecule is CC/C=C\C/C=C\C/C=C\C/C=C\C/C=C\C/C=C\CCCCC(=O)OC(COC(=O)CCCCCCCC)COC(=O)CCCCCCCCC/C=C\C/C=C\C/C=C\C/C=C\C/C=C\CC. The van der Waals surface area contributed by atoms with Crippen LogP contribution in [0.15, 0.2) is 134 Å². The Morgan fingerprint density at radius 3 is 0.926 bits per heavy atom. The van der Waals surface area contributed by atoms with Crippen molar-refractivity contribution in [2.45, 2.75) is 226 Å². The molecular weight excluding hydrogens is 841 g/mol. The summed E-state index contributed by atoms with van der Waals surface area (Å²) in [5.41, 5.74) is 0. The molecule has 6 nitrogen and oxygen atoms in total. The number of ether oxygens (including phenoxy) is 3. The van der Waals surface area contributed by atoms with Crippen LogP contribution in [-0.2, 0) is 28.6 Å². The topological polar surface area (TPSA) is 78.9 Å². The van der Waals surface area contributed by atoms with Gasteiger partial charge in [-0.1, -0.05) is 219 Å². The number of hydrogen-bond acceptors (Lipinski definition) is 6. The van der Waals surface area contributed by atoms with E-state index in [1.165, 1.54) is 44.9 Å². The zero-order chi connectivity index (χ0) is 49.3. The third-order valence-corrected chi connectivity index (χ3v) is 10.9. The molecular formula is C62H98O6.